The molecule has 4 rings (SSSR count). The number of halogens is 1. The Labute approximate surface area is 216 Å². The van der Waals surface area contributed by atoms with Crippen molar-refractivity contribution in [2.24, 2.45) is 0 Å². The molecular weight excluding hydrogens is 501 g/mol. The molecule has 1 fully saturated rings. The van der Waals surface area contributed by atoms with Gasteiger partial charge in [-0.3, -0.25) is 4.57 Å². The van der Waals surface area contributed by atoms with Gasteiger partial charge in [-0.1, -0.05) is 13.0 Å². The lowest BCUT2D eigenvalue weighted by molar-refractivity contribution is -0.0207. The maximum absolute atomic E-state index is 13.6. The summed E-state index contributed by atoms with van der Waals surface area (Å²) >= 11 is 0. The van der Waals surface area contributed by atoms with E-state index in [2.05, 4.69) is 20.2 Å². The molecule has 37 heavy (non-hydrogen) atoms. The van der Waals surface area contributed by atoms with Gasteiger partial charge in [-0.25, -0.2) is 22.8 Å². The number of hydrogen-bond donors (Lipinski definition) is 0. The number of sulfone groups is 1. The first-order valence-electron chi connectivity index (χ1n) is 12.0. The quantitative estimate of drug-likeness (QED) is 0.403. The molecule has 0 saturated carbocycles. The first kappa shape index (κ1) is 26.9. The Hall–Kier alpha value is -3.12. The van der Waals surface area contributed by atoms with E-state index in [1.165, 1.54) is 14.2 Å². The lowest BCUT2D eigenvalue weighted by Crippen LogP contribution is -2.28. The Morgan fingerprint density at radius 2 is 1.76 bits per heavy atom. The molecule has 200 valence electrons. The Kier molecular flexibility index (Phi) is 7.52. The number of methoxy groups -OCH3 is 2. The standard InChI is InChI=1S/C25H32FN5O5S/c1-15(23-27-12-17(26)13-28-23)16(2)37(32,33)14-21-29-30-24(20-10-11-25(3,4)36-20)31(21)22-18(34-5)8-7-9-19(22)35-6/h7-9,12-13,15-16,20H,10-11,14H2,1-6H3/t15-,16-,20-/m0/s1. The molecule has 0 amide bonds. The van der Waals surface area contributed by atoms with Crippen LogP contribution < -0.4 is 9.47 Å². The first-order valence-corrected chi connectivity index (χ1v) is 13.7. The zero-order valence-electron chi connectivity index (χ0n) is 21.8. The van der Waals surface area contributed by atoms with Crippen LogP contribution in [0.4, 0.5) is 4.39 Å². The summed E-state index contributed by atoms with van der Waals surface area (Å²) in [4.78, 5) is 7.93. The van der Waals surface area contributed by atoms with E-state index in [9.17, 15) is 12.8 Å². The van der Waals surface area contributed by atoms with Gasteiger partial charge in [0, 0.05) is 5.92 Å². The number of ether oxygens (including phenoxy) is 3. The summed E-state index contributed by atoms with van der Waals surface area (Å²) in [6.07, 6.45) is 3.17. The van der Waals surface area contributed by atoms with E-state index in [0.29, 0.717) is 29.4 Å². The lowest BCUT2D eigenvalue weighted by Gasteiger charge is -2.22. The van der Waals surface area contributed by atoms with Crippen LogP contribution in [0.2, 0.25) is 0 Å². The van der Waals surface area contributed by atoms with Gasteiger partial charge in [0.1, 0.15) is 34.9 Å². The van der Waals surface area contributed by atoms with Crippen LogP contribution in [0.1, 0.15) is 70.0 Å². The Bertz CT molecular complexity index is 1340. The van der Waals surface area contributed by atoms with Gasteiger partial charge in [-0.2, -0.15) is 0 Å². The number of para-hydroxylation sites is 1. The molecule has 10 nitrogen and oxygen atoms in total. The summed E-state index contributed by atoms with van der Waals surface area (Å²) in [6, 6.07) is 5.30. The molecule has 2 aromatic heterocycles. The molecule has 3 heterocycles. The molecule has 0 aliphatic carbocycles. The minimum atomic E-state index is -3.79. The van der Waals surface area contributed by atoms with Crippen molar-refractivity contribution >= 4 is 9.84 Å². The van der Waals surface area contributed by atoms with Crippen LogP contribution in [-0.4, -0.2) is 58.2 Å². The molecule has 0 unspecified atom stereocenters. The second-order valence-electron chi connectivity index (χ2n) is 9.79. The average Bonchev–Trinajstić information content (AvgIpc) is 3.44. The van der Waals surface area contributed by atoms with Gasteiger partial charge >= 0.3 is 0 Å². The minimum Gasteiger partial charge on any atom is -0.494 e. The molecular formula is C25H32FN5O5S. The Balaban J connectivity index is 1.78. The van der Waals surface area contributed by atoms with Crippen LogP contribution in [0.15, 0.2) is 30.6 Å². The molecule has 0 radical (unpaired) electrons. The predicted octanol–water partition coefficient (Wildman–Crippen LogP) is 3.95. The molecule has 3 atom stereocenters. The van der Waals surface area contributed by atoms with E-state index < -0.39 is 38.7 Å². The minimum absolute atomic E-state index is 0.199. The topological polar surface area (TPSA) is 118 Å². The molecule has 1 aromatic carbocycles. The van der Waals surface area contributed by atoms with Crippen LogP contribution in [0.5, 0.6) is 11.5 Å². The summed E-state index contributed by atoms with van der Waals surface area (Å²) < 4.78 is 59.6. The summed E-state index contributed by atoms with van der Waals surface area (Å²) in [6.45, 7) is 7.29. The van der Waals surface area contributed by atoms with E-state index in [-0.39, 0.29) is 17.2 Å². The maximum Gasteiger partial charge on any atom is 0.167 e. The van der Waals surface area contributed by atoms with Crippen molar-refractivity contribution in [1.29, 1.82) is 0 Å². The predicted molar refractivity (Wildman–Crippen MR) is 134 cm³/mol. The lowest BCUT2D eigenvalue weighted by atomic mass is 10.1. The third-order valence-corrected chi connectivity index (χ3v) is 8.99. The van der Waals surface area contributed by atoms with Crippen molar-refractivity contribution in [1.82, 2.24) is 24.7 Å². The highest BCUT2D eigenvalue weighted by Gasteiger charge is 2.38. The van der Waals surface area contributed by atoms with Crippen LogP contribution in [0, 0.1) is 5.82 Å². The number of rotatable bonds is 9. The number of aromatic nitrogens is 5. The zero-order chi connectivity index (χ0) is 27.0. The van der Waals surface area contributed by atoms with Crippen molar-refractivity contribution in [3.8, 4) is 17.2 Å². The van der Waals surface area contributed by atoms with Crippen LogP contribution in [0.3, 0.4) is 0 Å². The van der Waals surface area contributed by atoms with E-state index in [1.54, 1.807) is 36.6 Å². The van der Waals surface area contributed by atoms with Gasteiger partial charge in [0.25, 0.3) is 0 Å². The highest BCUT2D eigenvalue weighted by atomic mass is 32.2. The van der Waals surface area contributed by atoms with E-state index >= 15 is 0 Å². The summed E-state index contributed by atoms with van der Waals surface area (Å²) in [5.41, 5.74) is 0.144. The normalized spacial score (nSPS) is 18.9. The Morgan fingerprint density at radius 1 is 1.14 bits per heavy atom. The molecule has 1 saturated heterocycles. The molecule has 1 aliphatic rings. The van der Waals surface area contributed by atoms with Crippen molar-refractivity contribution in [2.75, 3.05) is 14.2 Å². The third-order valence-electron chi connectivity index (χ3n) is 6.79. The zero-order valence-corrected chi connectivity index (χ0v) is 22.6. The third kappa shape index (κ3) is 5.45. The van der Waals surface area contributed by atoms with Gasteiger partial charge in [-0.05, 0) is 45.7 Å². The van der Waals surface area contributed by atoms with Gasteiger partial charge in [-0.15, -0.1) is 10.2 Å². The van der Waals surface area contributed by atoms with Crippen LogP contribution in [0.25, 0.3) is 5.69 Å². The Morgan fingerprint density at radius 3 is 2.30 bits per heavy atom. The molecule has 3 aromatic rings. The van der Waals surface area contributed by atoms with Crippen LogP contribution in [-0.2, 0) is 20.3 Å². The number of hydrogen-bond acceptors (Lipinski definition) is 9. The summed E-state index contributed by atoms with van der Waals surface area (Å²) in [5.74, 6) is 0.273. The van der Waals surface area contributed by atoms with Gasteiger partial charge in [0.05, 0.1) is 37.5 Å². The van der Waals surface area contributed by atoms with Crippen molar-refractivity contribution in [3.63, 3.8) is 0 Å². The van der Waals surface area contributed by atoms with Gasteiger partial charge in [0.15, 0.2) is 27.3 Å². The summed E-state index contributed by atoms with van der Waals surface area (Å²) in [7, 11) is -0.737. The smallest absolute Gasteiger partial charge is 0.167 e. The van der Waals surface area contributed by atoms with E-state index in [1.807, 2.05) is 13.8 Å². The van der Waals surface area contributed by atoms with Gasteiger partial charge in [0.2, 0.25) is 0 Å². The van der Waals surface area contributed by atoms with Crippen molar-refractivity contribution in [3.05, 3.63) is 53.9 Å². The molecule has 1 aliphatic heterocycles. The van der Waals surface area contributed by atoms with Gasteiger partial charge < -0.3 is 14.2 Å². The fourth-order valence-electron chi connectivity index (χ4n) is 4.48. The second kappa shape index (κ2) is 10.3. The number of benzene rings is 1. The monoisotopic (exact) mass is 533 g/mol. The largest absolute Gasteiger partial charge is 0.494 e. The highest BCUT2D eigenvalue weighted by Crippen LogP contribution is 2.42. The molecule has 0 N–H and O–H groups in total. The van der Waals surface area contributed by atoms with Crippen LogP contribution >= 0.6 is 0 Å². The maximum atomic E-state index is 13.6. The average molecular weight is 534 g/mol. The fourth-order valence-corrected chi connectivity index (χ4v) is 6.03. The molecule has 0 spiro atoms. The highest BCUT2D eigenvalue weighted by molar-refractivity contribution is 7.91. The first-order chi connectivity index (χ1) is 17.5. The van der Waals surface area contributed by atoms with Crippen molar-refractivity contribution in [2.45, 2.75) is 69.2 Å². The van der Waals surface area contributed by atoms with E-state index in [4.69, 9.17) is 14.2 Å². The molecule has 12 heteroatoms. The second-order valence-corrected chi connectivity index (χ2v) is 12.1. The number of nitrogens with zero attached hydrogens (tertiary/aromatic N) is 5. The van der Waals surface area contributed by atoms with E-state index in [0.717, 1.165) is 18.8 Å². The SMILES string of the molecule is COc1cccc(OC)c1-n1c(CS(=O)(=O)[C@@H](C)[C@H](C)c2ncc(F)cn2)nnc1[C@@H]1CCC(C)(C)O1. The fraction of sp³-hybridized carbons (Fsp3) is 0.520. The summed E-state index contributed by atoms with van der Waals surface area (Å²) in [5, 5.41) is 7.82. The van der Waals surface area contributed by atoms with Crippen molar-refractivity contribution < 1.29 is 27.0 Å². The molecule has 0 bridgehead atoms.